The van der Waals surface area contributed by atoms with Gasteiger partial charge in [0.25, 0.3) is 0 Å². The average molecular weight is 286 g/mol. The largest absolute Gasteiger partial charge is 0.321 e. The summed E-state index contributed by atoms with van der Waals surface area (Å²) in [5, 5.41) is 0.902. The van der Waals surface area contributed by atoms with Gasteiger partial charge < -0.3 is 4.90 Å². The molecule has 1 heterocycles. The average Bonchev–Trinajstić information content (AvgIpc) is 3.16. The molecule has 0 unspecified atom stereocenters. The third-order valence-electron chi connectivity index (χ3n) is 3.62. The molecule has 1 aliphatic rings. The van der Waals surface area contributed by atoms with Crippen LogP contribution in [0.15, 0.2) is 18.2 Å². The van der Waals surface area contributed by atoms with Crippen molar-refractivity contribution in [1.29, 1.82) is 0 Å². The maximum atomic E-state index is 11.2. The molecule has 1 aliphatic carbocycles. The summed E-state index contributed by atoms with van der Waals surface area (Å²) in [6, 6.07) is 6.45. The highest BCUT2D eigenvalue weighted by molar-refractivity contribution is 7.17. The van der Waals surface area contributed by atoms with E-state index in [1.54, 1.807) is 0 Å². The Hall–Kier alpha value is -1.68. The molecule has 104 valence electrons. The van der Waals surface area contributed by atoms with E-state index < -0.39 is 0 Å². The van der Waals surface area contributed by atoms with Gasteiger partial charge in [-0.3, -0.25) is 4.79 Å². The van der Waals surface area contributed by atoms with Crippen molar-refractivity contribution in [2.45, 2.75) is 32.6 Å². The van der Waals surface area contributed by atoms with Crippen LogP contribution in [0, 0.1) is 13.8 Å². The summed E-state index contributed by atoms with van der Waals surface area (Å²) in [5.74, 6) is 0.507. The van der Waals surface area contributed by atoms with E-state index in [0.29, 0.717) is 5.92 Å². The number of benzene rings is 1. The van der Waals surface area contributed by atoms with Gasteiger partial charge in [-0.1, -0.05) is 17.4 Å². The standard InChI is InChI=1S/C16H18N2OS/c1-10-6-11(2)8-13(7-10)18(3)16-17-15(12-4-5-12)14(9-19)20-16/h6-9,12H,4-5H2,1-3H3. The van der Waals surface area contributed by atoms with Crippen LogP contribution in [0.1, 0.15) is 45.3 Å². The molecule has 0 bridgehead atoms. The van der Waals surface area contributed by atoms with Crippen molar-refractivity contribution >= 4 is 28.4 Å². The Kier molecular flexibility index (Phi) is 3.34. The zero-order valence-electron chi connectivity index (χ0n) is 12.0. The molecule has 0 radical (unpaired) electrons. The number of rotatable bonds is 4. The summed E-state index contributed by atoms with van der Waals surface area (Å²) < 4.78 is 0. The Labute approximate surface area is 123 Å². The number of carbonyl (C=O) groups is 1. The lowest BCUT2D eigenvalue weighted by molar-refractivity contribution is 0.112. The molecular weight excluding hydrogens is 268 g/mol. The fraction of sp³-hybridized carbons (Fsp3) is 0.375. The van der Waals surface area contributed by atoms with E-state index in [2.05, 4.69) is 36.9 Å². The van der Waals surface area contributed by atoms with E-state index in [1.807, 2.05) is 7.05 Å². The lowest BCUT2D eigenvalue weighted by Gasteiger charge is -2.17. The van der Waals surface area contributed by atoms with E-state index in [9.17, 15) is 4.79 Å². The molecule has 3 rings (SSSR count). The molecule has 1 aromatic carbocycles. The minimum absolute atomic E-state index is 0.507. The number of hydrogen-bond donors (Lipinski definition) is 0. The quantitative estimate of drug-likeness (QED) is 0.789. The predicted octanol–water partition coefficient (Wildman–Crippen LogP) is 4.22. The topological polar surface area (TPSA) is 33.2 Å². The number of aldehydes is 1. The summed E-state index contributed by atoms with van der Waals surface area (Å²) in [4.78, 5) is 18.7. The molecule has 2 aromatic rings. The first-order valence-electron chi connectivity index (χ1n) is 6.86. The van der Waals surface area contributed by atoms with Crippen molar-refractivity contribution in [2.24, 2.45) is 0 Å². The minimum atomic E-state index is 0.507. The number of thiazole rings is 1. The summed E-state index contributed by atoms with van der Waals surface area (Å²) in [5.41, 5.74) is 4.59. The smallest absolute Gasteiger partial charge is 0.190 e. The normalized spacial score (nSPS) is 14.3. The van der Waals surface area contributed by atoms with Crippen molar-refractivity contribution in [3.8, 4) is 0 Å². The van der Waals surface area contributed by atoms with Crippen molar-refractivity contribution in [3.05, 3.63) is 39.9 Å². The number of carbonyl (C=O) groups excluding carboxylic acids is 1. The molecular formula is C16H18N2OS. The van der Waals surface area contributed by atoms with Gasteiger partial charge in [0.15, 0.2) is 11.4 Å². The number of aryl methyl sites for hydroxylation is 2. The number of anilines is 2. The third-order valence-corrected chi connectivity index (χ3v) is 4.69. The van der Waals surface area contributed by atoms with Crippen LogP contribution >= 0.6 is 11.3 Å². The number of nitrogens with zero attached hydrogens (tertiary/aromatic N) is 2. The predicted molar refractivity (Wildman–Crippen MR) is 83.5 cm³/mol. The molecule has 1 fully saturated rings. The van der Waals surface area contributed by atoms with Gasteiger partial charge in [-0.25, -0.2) is 4.98 Å². The molecule has 1 saturated carbocycles. The second kappa shape index (κ2) is 5.02. The van der Waals surface area contributed by atoms with Crippen LogP contribution in [0.4, 0.5) is 10.8 Å². The summed E-state index contributed by atoms with van der Waals surface area (Å²) in [6.07, 6.45) is 3.28. The van der Waals surface area contributed by atoms with Crippen LogP contribution < -0.4 is 4.90 Å². The van der Waals surface area contributed by atoms with Crippen LogP contribution in [-0.2, 0) is 0 Å². The first-order chi connectivity index (χ1) is 9.58. The van der Waals surface area contributed by atoms with Gasteiger partial charge in [-0.2, -0.15) is 0 Å². The van der Waals surface area contributed by atoms with E-state index in [-0.39, 0.29) is 0 Å². The van der Waals surface area contributed by atoms with Crippen LogP contribution in [0.5, 0.6) is 0 Å². The van der Waals surface area contributed by atoms with Crippen LogP contribution in [0.2, 0.25) is 0 Å². The maximum Gasteiger partial charge on any atom is 0.190 e. The third kappa shape index (κ3) is 2.48. The summed E-state index contributed by atoms with van der Waals surface area (Å²) in [7, 11) is 2.01. The van der Waals surface area contributed by atoms with Gasteiger partial charge in [-0.05, 0) is 49.9 Å². The SMILES string of the molecule is Cc1cc(C)cc(N(C)c2nc(C3CC3)c(C=O)s2)c1. The Morgan fingerprint density at radius 3 is 2.45 bits per heavy atom. The summed E-state index contributed by atoms with van der Waals surface area (Å²) in [6.45, 7) is 4.19. The lowest BCUT2D eigenvalue weighted by atomic mass is 10.1. The first-order valence-corrected chi connectivity index (χ1v) is 7.68. The Bertz CT molecular complexity index is 638. The molecule has 4 heteroatoms. The maximum absolute atomic E-state index is 11.2. The van der Waals surface area contributed by atoms with Crippen molar-refractivity contribution in [1.82, 2.24) is 4.98 Å². The van der Waals surface area contributed by atoms with Crippen LogP contribution in [0.3, 0.4) is 0 Å². The molecule has 20 heavy (non-hydrogen) atoms. The molecule has 0 aliphatic heterocycles. The van der Waals surface area contributed by atoms with E-state index >= 15 is 0 Å². The van der Waals surface area contributed by atoms with Crippen LogP contribution in [0.25, 0.3) is 0 Å². The molecule has 1 aromatic heterocycles. The fourth-order valence-electron chi connectivity index (χ4n) is 2.46. The fourth-order valence-corrected chi connectivity index (χ4v) is 3.41. The minimum Gasteiger partial charge on any atom is -0.321 e. The van der Waals surface area contributed by atoms with Gasteiger partial charge in [0.2, 0.25) is 0 Å². The van der Waals surface area contributed by atoms with Crippen molar-refractivity contribution in [2.75, 3.05) is 11.9 Å². The zero-order chi connectivity index (χ0) is 14.3. The van der Waals surface area contributed by atoms with E-state index in [1.165, 1.54) is 22.5 Å². The Balaban J connectivity index is 1.97. The second-order valence-electron chi connectivity index (χ2n) is 5.54. The highest BCUT2D eigenvalue weighted by Crippen LogP contribution is 2.44. The van der Waals surface area contributed by atoms with Crippen molar-refractivity contribution < 1.29 is 4.79 Å². The second-order valence-corrected chi connectivity index (χ2v) is 6.55. The molecule has 0 N–H and O–H groups in total. The Morgan fingerprint density at radius 1 is 1.25 bits per heavy atom. The van der Waals surface area contributed by atoms with E-state index in [0.717, 1.165) is 40.5 Å². The number of aromatic nitrogens is 1. The molecule has 3 nitrogen and oxygen atoms in total. The lowest BCUT2D eigenvalue weighted by Crippen LogP contribution is -2.09. The summed E-state index contributed by atoms with van der Waals surface area (Å²) >= 11 is 1.49. The Morgan fingerprint density at radius 2 is 1.90 bits per heavy atom. The van der Waals surface area contributed by atoms with Gasteiger partial charge in [0.05, 0.1) is 10.6 Å². The molecule has 0 saturated heterocycles. The highest BCUT2D eigenvalue weighted by Gasteiger charge is 2.30. The molecule has 0 atom stereocenters. The van der Waals surface area contributed by atoms with E-state index in [4.69, 9.17) is 4.98 Å². The first kappa shape index (κ1) is 13.3. The zero-order valence-corrected chi connectivity index (χ0v) is 12.8. The van der Waals surface area contributed by atoms with Gasteiger partial charge >= 0.3 is 0 Å². The highest BCUT2D eigenvalue weighted by atomic mass is 32.1. The van der Waals surface area contributed by atoms with Gasteiger partial charge in [0, 0.05) is 18.7 Å². The molecule has 0 spiro atoms. The van der Waals surface area contributed by atoms with Gasteiger partial charge in [0.1, 0.15) is 0 Å². The van der Waals surface area contributed by atoms with Crippen molar-refractivity contribution in [3.63, 3.8) is 0 Å². The number of hydrogen-bond acceptors (Lipinski definition) is 4. The monoisotopic (exact) mass is 286 g/mol. The van der Waals surface area contributed by atoms with Gasteiger partial charge in [-0.15, -0.1) is 0 Å². The molecule has 0 amide bonds. The van der Waals surface area contributed by atoms with Crippen LogP contribution in [-0.4, -0.2) is 18.3 Å².